The Morgan fingerprint density at radius 1 is 0.753 bits per heavy atom. The number of nitrogens with one attached hydrogen (secondary N) is 4. The number of carbonyl (C=O) groups is 7. The number of nitrogens with zero attached hydrogens (tertiary/aromatic N) is 5. The summed E-state index contributed by atoms with van der Waals surface area (Å²) in [6.45, 7) is 33.3. The van der Waals surface area contributed by atoms with E-state index >= 15 is 0 Å². The summed E-state index contributed by atoms with van der Waals surface area (Å²) in [5, 5.41) is 47.4. The van der Waals surface area contributed by atoms with E-state index in [1.807, 2.05) is 69.2 Å². The van der Waals surface area contributed by atoms with Crippen molar-refractivity contribution < 1.29 is 86.7 Å². The van der Waals surface area contributed by atoms with Crippen LogP contribution in [0.1, 0.15) is 130 Å². The van der Waals surface area contributed by atoms with Crippen LogP contribution in [0.5, 0.6) is 0 Å². The summed E-state index contributed by atoms with van der Waals surface area (Å²) in [6, 6.07) is -0.114. The van der Waals surface area contributed by atoms with Crippen molar-refractivity contribution in [3.05, 3.63) is 16.4 Å². The number of esters is 1. The van der Waals surface area contributed by atoms with Crippen molar-refractivity contribution in [2.24, 2.45) is 20.4 Å². The average Bonchev–Trinajstić information content (AvgIpc) is 4.04. The molecular formula is C45H81N9O19. The summed E-state index contributed by atoms with van der Waals surface area (Å²) in [7, 11) is 0. The summed E-state index contributed by atoms with van der Waals surface area (Å²) in [5.41, 5.74) is -1.60. The first-order valence-electron chi connectivity index (χ1n) is 23.3. The minimum absolute atomic E-state index is 0.0292. The lowest BCUT2D eigenvalue weighted by Gasteiger charge is -2.36. The zero-order valence-corrected chi connectivity index (χ0v) is 45.3. The molecule has 1 aromatic heterocycles. The Balaban J connectivity index is -0.000000785. The fourth-order valence-corrected chi connectivity index (χ4v) is 4.14. The van der Waals surface area contributed by atoms with Crippen LogP contribution in [0.25, 0.3) is 0 Å². The van der Waals surface area contributed by atoms with Crippen LogP contribution < -0.4 is 21.7 Å². The molecule has 1 fully saturated rings. The smallest absolute Gasteiger partial charge is 0.438 e. The molecule has 0 aromatic carbocycles. The van der Waals surface area contributed by atoms with Gasteiger partial charge >= 0.3 is 41.4 Å². The predicted molar refractivity (Wildman–Crippen MR) is 262 cm³/mol. The number of hydrogen-bond donors (Lipinski definition) is 7. The van der Waals surface area contributed by atoms with Crippen LogP contribution >= 0.6 is 0 Å². The van der Waals surface area contributed by atoms with E-state index in [4.69, 9.17) is 33.9 Å². The molecule has 0 spiro atoms. The fourth-order valence-electron chi connectivity index (χ4n) is 4.14. The molecule has 0 unspecified atom stereocenters. The number of amides is 3. The molecule has 4 heterocycles. The van der Waals surface area contributed by atoms with Crippen LogP contribution in [0.15, 0.2) is 29.7 Å². The first-order valence-corrected chi connectivity index (χ1v) is 23.3. The molecule has 28 nitrogen and oxygen atoms in total. The number of carboxylic acid groups (broad SMARTS) is 2. The number of aromatic nitrogens is 2. The molecule has 73 heavy (non-hydrogen) atoms. The number of H-pyrrole nitrogens is 1. The van der Waals surface area contributed by atoms with Crippen molar-refractivity contribution >= 4 is 53.1 Å². The zero-order chi connectivity index (χ0) is 57.1. The minimum atomic E-state index is -1.44. The average molecular weight is 1050 g/mol. The molecule has 0 aliphatic carbocycles. The van der Waals surface area contributed by atoms with Gasteiger partial charge in [-0.3, -0.25) is 23.9 Å². The van der Waals surface area contributed by atoms with Gasteiger partial charge < -0.3 is 64.5 Å². The number of aliphatic hydroxyl groups is 1. The van der Waals surface area contributed by atoms with Gasteiger partial charge in [0.1, 0.15) is 18.8 Å². The molecule has 0 atom stereocenters. The van der Waals surface area contributed by atoms with Crippen LogP contribution in [0, 0.1) is 0 Å². The van der Waals surface area contributed by atoms with Gasteiger partial charge in [-0.25, -0.2) is 29.0 Å². The summed E-state index contributed by atoms with van der Waals surface area (Å²) in [6.07, 6.45) is 0.461. The Bertz CT molecular complexity index is 1950. The van der Waals surface area contributed by atoms with Crippen molar-refractivity contribution in [2.45, 2.75) is 184 Å². The molecule has 28 heteroatoms. The van der Waals surface area contributed by atoms with Gasteiger partial charge in [-0.1, -0.05) is 10.3 Å². The highest BCUT2D eigenvalue weighted by Gasteiger charge is 2.36. The van der Waals surface area contributed by atoms with E-state index in [0.29, 0.717) is 44.8 Å². The van der Waals surface area contributed by atoms with E-state index < -0.39 is 52.6 Å². The molecule has 3 amide bonds. The van der Waals surface area contributed by atoms with Gasteiger partial charge in [0.25, 0.3) is 5.91 Å². The van der Waals surface area contributed by atoms with E-state index in [2.05, 4.69) is 60.6 Å². The number of aliphatic imine (C=N–C) groups is 1. The topological polar surface area (TPSA) is 389 Å². The summed E-state index contributed by atoms with van der Waals surface area (Å²) < 4.78 is 34.3. The van der Waals surface area contributed by atoms with Crippen LogP contribution in [-0.4, -0.2) is 172 Å². The van der Waals surface area contributed by atoms with Gasteiger partial charge in [0.2, 0.25) is 0 Å². The molecule has 0 saturated carbocycles. The molecule has 1 saturated heterocycles. The number of rotatable bonds is 17. The summed E-state index contributed by atoms with van der Waals surface area (Å²) >= 11 is 0. The molecule has 3 aliphatic rings. The fraction of sp³-hybridized carbons (Fsp3) is 0.756. The lowest BCUT2D eigenvalue weighted by molar-refractivity contribution is -0.209. The second-order valence-electron chi connectivity index (χ2n) is 17.9. The molecule has 0 bridgehead atoms. The normalized spacial score (nSPS) is 13.8. The Labute approximate surface area is 426 Å². The number of amidine groups is 1. The third-order valence-corrected chi connectivity index (χ3v) is 7.30. The lowest BCUT2D eigenvalue weighted by atomic mass is 10.0. The van der Waals surface area contributed by atoms with Gasteiger partial charge in [0.05, 0.1) is 57.3 Å². The zero-order valence-electron chi connectivity index (χ0n) is 45.3. The van der Waals surface area contributed by atoms with Crippen molar-refractivity contribution in [1.82, 2.24) is 26.1 Å². The third kappa shape index (κ3) is 41.1. The maximum absolute atomic E-state index is 11.1. The monoisotopic (exact) mass is 1050 g/mol. The maximum Gasteiger partial charge on any atom is 0.438 e. The number of carboxylic acids is 2. The minimum Gasteiger partial charge on any atom is -0.479 e. The number of aromatic amines is 1. The van der Waals surface area contributed by atoms with E-state index in [1.54, 1.807) is 34.6 Å². The van der Waals surface area contributed by atoms with Crippen LogP contribution in [-0.2, 0) is 73.4 Å². The van der Waals surface area contributed by atoms with Gasteiger partial charge in [-0.05, 0) is 118 Å². The van der Waals surface area contributed by atoms with Crippen molar-refractivity contribution in [2.75, 3.05) is 39.7 Å². The number of hydrogen-bond acceptors (Lipinski definition) is 22. The maximum atomic E-state index is 11.1. The van der Waals surface area contributed by atoms with E-state index in [1.165, 1.54) is 13.8 Å². The largest absolute Gasteiger partial charge is 0.479 e. The quantitative estimate of drug-likeness (QED) is 0.0669. The molecule has 1 aromatic rings. The van der Waals surface area contributed by atoms with Crippen molar-refractivity contribution in [3.8, 4) is 0 Å². The number of oxime groups is 1. The predicted octanol–water partition coefficient (Wildman–Crippen LogP) is 2.45. The number of ether oxygens (including phenoxy) is 6. The Hall–Kier alpha value is -6.07. The Morgan fingerprint density at radius 2 is 1.27 bits per heavy atom. The number of carbonyl (C=O) groups excluding carboxylic acids is 5. The SMILES string of the molecule is CC(C)NC(=O)C(=O)O.CC(C)NC(=O)C1=NOC(=O)C1.CC(C)OC(C)(C)C(=O)O.CC(C)OCC1(O)COC1.CC(C)OCC1=NCN=N1.CC(C)OCc1noc(=O)[nH]1.CCOC(=O)C(=O)NC(C)C. The van der Waals surface area contributed by atoms with E-state index in [-0.39, 0.29) is 73.8 Å². The second kappa shape index (κ2) is 38.5. The Morgan fingerprint density at radius 3 is 1.60 bits per heavy atom. The lowest BCUT2D eigenvalue weighted by Crippen LogP contribution is -2.53. The van der Waals surface area contributed by atoms with Gasteiger partial charge in [-0.15, -0.1) is 5.11 Å². The van der Waals surface area contributed by atoms with Gasteiger partial charge in [0, 0.05) is 18.1 Å². The molecule has 4 rings (SSSR count). The van der Waals surface area contributed by atoms with Gasteiger partial charge in [-0.2, -0.15) is 5.11 Å². The van der Waals surface area contributed by atoms with Crippen molar-refractivity contribution in [3.63, 3.8) is 0 Å². The van der Waals surface area contributed by atoms with Crippen molar-refractivity contribution in [1.29, 1.82) is 0 Å². The standard InChI is InChI=1S/C7H10N2O3.C7H13NO3.2C7H14O3.C6H11N3O.C6H10N2O3.C5H9NO3/c1-4(2)8-7(11)5-3-6(10)12-9-5;1-4-11-7(10)6(9)8-5(2)3;1-6(2)10-5-7(8)3-9-4-7;1-5(2)10-7(3,4)6(8)9;1-5(2)10-3-6-7-4-8-9-6;1-4(2)10-3-5-7-6(9)11-8-5;1-3(2)6-4(7)5(8)9/h4H,3H2,1-2H3,(H,8,11);5H,4H2,1-3H3,(H,8,9);6,8H,3-5H2,1-2H3;5H,1-4H3,(H,8,9);5H,3-4H2,1-2H3;4H,3H2,1-2H3,(H,7,8,9);3H,1-2H3,(H,6,7)(H,8,9). The third-order valence-electron chi connectivity index (χ3n) is 7.30. The molecule has 7 N–H and O–H groups in total. The van der Waals surface area contributed by atoms with E-state index in [0.717, 1.165) is 0 Å². The molecule has 3 aliphatic heterocycles. The summed E-state index contributed by atoms with van der Waals surface area (Å²) in [4.78, 5) is 94.5. The number of aliphatic carboxylic acids is 2. The Kier molecular flexibility index (Phi) is 37.6. The highest BCUT2D eigenvalue weighted by Crippen LogP contribution is 2.17. The second-order valence-corrected chi connectivity index (χ2v) is 17.9. The van der Waals surface area contributed by atoms with E-state index in [9.17, 15) is 43.5 Å². The highest BCUT2D eigenvalue weighted by atomic mass is 16.7. The molecular weight excluding hydrogens is 971 g/mol. The molecule has 0 radical (unpaired) electrons. The first kappa shape index (κ1) is 71.2. The number of azo groups is 1. The highest BCUT2D eigenvalue weighted by molar-refractivity contribution is 6.42. The van der Waals surface area contributed by atoms with Crippen LogP contribution in [0.2, 0.25) is 0 Å². The summed E-state index contributed by atoms with van der Waals surface area (Å²) in [5.74, 6) is -5.07. The van der Waals surface area contributed by atoms with Crippen LogP contribution in [0.4, 0.5) is 0 Å². The molecule has 420 valence electrons. The first-order chi connectivity index (χ1) is 33.7. The van der Waals surface area contributed by atoms with Gasteiger partial charge in [0.15, 0.2) is 29.6 Å². The van der Waals surface area contributed by atoms with Crippen LogP contribution in [0.3, 0.4) is 0 Å².